The van der Waals surface area contributed by atoms with Crippen LogP contribution in [0.2, 0.25) is 0 Å². The summed E-state index contributed by atoms with van der Waals surface area (Å²) in [5, 5.41) is 0. The van der Waals surface area contributed by atoms with Crippen molar-refractivity contribution >= 4 is 5.91 Å². The summed E-state index contributed by atoms with van der Waals surface area (Å²) in [7, 11) is 1.65. The van der Waals surface area contributed by atoms with Crippen LogP contribution in [0.3, 0.4) is 0 Å². The van der Waals surface area contributed by atoms with E-state index in [1.54, 1.807) is 13.3 Å². The number of amides is 1. The number of hydrogen-bond acceptors (Lipinski definition) is 4. The molecule has 1 fully saturated rings. The Morgan fingerprint density at radius 1 is 1.17 bits per heavy atom. The highest BCUT2D eigenvalue weighted by Crippen LogP contribution is 2.25. The Morgan fingerprint density at radius 3 is 2.73 bits per heavy atom. The number of likely N-dealkylation sites (tertiary alicyclic amines) is 1. The number of hydrogen-bond donors (Lipinski definition) is 0. The van der Waals surface area contributed by atoms with Crippen LogP contribution in [-0.2, 0) is 17.8 Å². The zero-order chi connectivity index (χ0) is 20.9. The molecule has 3 aromatic rings. The second kappa shape index (κ2) is 9.11. The number of rotatable bonds is 6. The first kappa shape index (κ1) is 20.1. The Bertz CT molecular complexity index is 991. The maximum absolute atomic E-state index is 12.7. The largest absolute Gasteiger partial charge is 0.497 e. The van der Waals surface area contributed by atoms with Gasteiger partial charge in [-0.3, -0.25) is 9.78 Å². The lowest BCUT2D eigenvalue weighted by Crippen LogP contribution is -2.40. The molecule has 6 heteroatoms. The lowest BCUT2D eigenvalue weighted by Gasteiger charge is -2.32. The molecular formula is C24H28N4O2. The van der Waals surface area contributed by atoms with Crippen LogP contribution in [0, 0.1) is 12.8 Å². The number of imidazole rings is 1. The summed E-state index contributed by atoms with van der Waals surface area (Å²) in [4.78, 5) is 23.6. The number of carbonyl (C=O) groups excluding carboxylic acids is 1. The number of pyridine rings is 1. The minimum Gasteiger partial charge on any atom is -0.497 e. The van der Waals surface area contributed by atoms with Gasteiger partial charge in [0.25, 0.3) is 0 Å². The van der Waals surface area contributed by atoms with Crippen molar-refractivity contribution in [2.45, 2.75) is 32.7 Å². The highest BCUT2D eigenvalue weighted by atomic mass is 16.5. The van der Waals surface area contributed by atoms with Crippen LogP contribution in [0.4, 0.5) is 0 Å². The van der Waals surface area contributed by atoms with Crippen molar-refractivity contribution < 1.29 is 9.53 Å². The number of nitrogens with zero attached hydrogens (tertiary/aromatic N) is 4. The van der Waals surface area contributed by atoms with Gasteiger partial charge in [0.05, 0.1) is 13.5 Å². The van der Waals surface area contributed by atoms with E-state index in [9.17, 15) is 4.79 Å². The third-order valence-electron chi connectivity index (χ3n) is 5.87. The second-order valence-corrected chi connectivity index (χ2v) is 7.93. The smallest absolute Gasteiger partial charge is 0.226 e. The van der Waals surface area contributed by atoms with Crippen LogP contribution in [0.25, 0.3) is 11.4 Å². The molecule has 1 amide bonds. The van der Waals surface area contributed by atoms with E-state index < -0.39 is 0 Å². The zero-order valence-electron chi connectivity index (χ0n) is 17.6. The van der Waals surface area contributed by atoms with Crippen LogP contribution in [0.1, 0.15) is 24.1 Å². The summed E-state index contributed by atoms with van der Waals surface area (Å²) in [5.41, 5.74) is 3.19. The molecule has 1 saturated heterocycles. The van der Waals surface area contributed by atoms with E-state index in [-0.39, 0.29) is 5.91 Å². The van der Waals surface area contributed by atoms with Crippen LogP contribution >= 0.6 is 0 Å². The molecule has 4 rings (SSSR count). The lowest BCUT2D eigenvalue weighted by molar-refractivity contribution is -0.131. The highest BCUT2D eigenvalue weighted by molar-refractivity contribution is 5.79. The van der Waals surface area contributed by atoms with Crippen molar-refractivity contribution in [2.24, 2.45) is 5.92 Å². The molecule has 30 heavy (non-hydrogen) atoms. The maximum atomic E-state index is 12.7. The van der Waals surface area contributed by atoms with Gasteiger partial charge in [-0.25, -0.2) is 4.98 Å². The van der Waals surface area contributed by atoms with Gasteiger partial charge in [0.15, 0.2) is 0 Å². The molecule has 2 aromatic heterocycles. The average molecular weight is 405 g/mol. The number of methoxy groups -OCH3 is 1. The Labute approximate surface area is 177 Å². The normalized spacial score (nSPS) is 14.7. The molecule has 1 aromatic carbocycles. The number of benzene rings is 1. The monoisotopic (exact) mass is 404 g/mol. The van der Waals surface area contributed by atoms with Crippen molar-refractivity contribution in [2.75, 3.05) is 20.2 Å². The predicted octanol–water partition coefficient (Wildman–Crippen LogP) is 3.74. The highest BCUT2D eigenvalue weighted by Gasteiger charge is 2.24. The number of aryl methyl sites for hydroxylation is 1. The molecule has 0 N–H and O–H groups in total. The van der Waals surface area contributed by atoms with Gasteiger partial charge in [-0.05, 0) is 55.5 Å². The summed E-state index contributed by atoms with van der Waals surface area (Å²) < 4.78 is 7.55. The molecule has 0 saturated carbocycles. The van der Waals surface area contributed by atoms with E-state index in [2.05, 4.69) is 21.5 Å². The van der Waals surface area contributed by atoms with Crippen LogP contribution in [-0.4, -0.2) is 45.5 Å². The first-order valence-electron chi connectivity index (χ1n) is 10.5. The summed E-state index contributed by atoms with van der Waals surface area (Å²) in [5.74, 6) is 2.49. The molecule has 0 radical (unpaired) electrons. The molecular weight excluding hydrogens is 376 g/mol. The Kier molecular flexibility index (Phi) is 6.12. The van der Waals surface area contributed by atoms with Gasteiger partial charge in [-0.1, -0.05) is 12.1 Å². The van der Waals surface area contributed by atoms with E-state index in [1.807, 2.05) is 53.7 Å². The van der Waals surface area contributed by atoms with Gasteiger partial charge < -0.3 is 14.2 Å². The Hall–Kier alpha value is -3.15. The molecule has 3 heterocycles. The van der Waals surface area contributed by atoms with Gasteiger partial charge in [-0.15, -0.1) is 0 Å². The van der Waals surface area contributed by atoms with Crippen molar-refractivity contribution in [1.29, 1.82) is 0 Å². The minimum absolute atomic E-state index is 0.191. The standard InChI is InChI=1S/C24H28N4O2/c1-18-15-26-24(21-6-4-10-25-16-21)28(18)17-19-8-11-27(12-9-19)23(29)14-20-5-3-7-22(13-20)30-2/h3-7,10,13,15-16,19H,8-9,11-12,14,17H2,1-2H3. The maximum Gasteiger partial charge on any atom is 0.226 e. The fourth-order valence-electron chi connectivity index (χ4n) is 4.11. The van der Waals surface area contributed by atoms with E-state index in [1.165, 1.54) is 0 Å². The summed E-state index contributed by atoms with van der Waals surface area (Å²) in [6, 6.07) is 11.7. The van der Waals surface area contributed by atoms with Gasteiger partial charge in [-0.2, -0.15) is 0 Å². The van der Waals surface area contributed by atoms with Crippen molar-refractivity contribution in [3.8, 4) is 17.1 Å². The third-order valence-corrected chi connectivity index (χ3v) is 5.87. The first-order valence-corrected chi connectivity index (χ1v) is 10.5. The number of piperidine rings is 1. The summed E-state index contributed by atoms with van der Waals surface area (Å²) in [6.45, 7) is 4.64. The fourth-order valence-corrected chi connectivity index (χ4v) is 4.11. The van der Waals surface area contributed by atoms with Crippen LogP contribution < -0.4 is 4.74 Å². The lowest BCUT2D eigenvalue weighted by atomic mass is 9.96. The number of aromatic nitrogens is 3. The molecule has 1 aliphatic rings. The first-order chi connectivity index (χ1) is 14.6. The van der Waals surface area contributed by atoms with Crippen LogP contribution in [0.5, 0.6) is 5.75 Å². The van der Waals surface area contributed by atoms with E-state index in [0.29, 0.717) is 12.3 Å². The Balaban J connectivity index is 1.35. The molecule has 0 spiro atoms. The van der Waals surface area contributed by atoms with Gasteiger partial charge in [0, 0.05) is 49.5 Å². The molecule has 0 aliphatic carbocycles. The van der Waals surface area contributed by atoms with Gasteiger partial charge in [0.1, 0.15) is 11.6 Å². The van der Waals surface area contributed by atoms with Crippen LogP contribution in [0.15, 0.2) is 55.0 Å². The summed E-state index contributed by atoms with van der Waals surface area (Å²) >= 11 is 0. The molecule has 1 aliphatic heterocycles. The van der Waals surface area contributed by atoms with E-state index in [4.69, 9.17) is 4.74 Å². The summed E-state index contributed by atoms with van der Waals surface area (Å²) in [6.07, 6.45) is 8.00. The quantitative estimate of drug-likeness (QED) is 0.628. The molecule has 156 valence electrons. The second-order valence-electron chi connectivity index (χ2n) is 7.93. The number of carbonyl (C=O) groups is 1. The minimum atomic E-state index is 0.191. The molecule has 0 bridgehead atoms. The molecule has 6 nitrogen and oxygen atoms in total. The Morgan fingerprint density at radius 2 is 2.00 bits per heavy atom. The average Bonchev–Trinajstić information content (AvgIpc) is 3.15. The zero-order valence-corrected chi connectivity index (χ0v) is 17.6. The third kappa shape index (κ3) is 4.53. The van der Waals surface area contributed by atoms with Crippen molar-refractivity contribution in [1.82, 2.24) is 19.4 Å². The van der Waals surface area contributed by atoms with Crippen molar-refractivity contribution in [3.63, 3.8) is 0 Å². The van der Waals surface area contributed by atoms with Gasteiger partial charge >= 0.3 is 0 Å². The predicted molar refractivity (Wildman–Crippen MR) is 116 cm³/mol. The number of ether oxygens (including phenoxy) is 1. The van der Waals surface area contributed by atoms with E-state index in [0.717, 1.165) is 60.9 Å². The SMILES string of the molecule is COc1cccc(CC(=O)N2CCC(Cn3c(C)cnc3-c3cccnc3)CC2)c1. The van der Waals surface area contributed by atoms with Gasteiger partial charge in [0.2, 0.25) is 5.91 Å². The molecule has 0 unspecified atom stereocenters. The fraction of sp³-hybridized carbons (Fsp3) is 0.375. The molecule has 0 atom stereocenters. The van der Waals surface area contributed by atoms with E-state index >= 15 is 0 Å². The van der Waals surface area contributed by atoms with Crippen molar-refractivity contribution in [3.05, 3.63) is 66.2 Å². The topological polar surface area (TPSA) is 60.2 Å².